The predicted molar refractivity (Wildman–Crippen MR) is 120 cm³/mol. The van der Waals surface area contributed by atoms with Crippen LogP contribution < -0.4 is 18.9 Å². The number of hydrogen-bond acceptors (Lipinski definition) is 7. The third kappa shape index (κ3) is 3.47. The second-order valence-corrected chi connectivity index (χ2v) is 7.67. The number of carbonyl (C=O) groups excluding carboxylic acids is 2. The van der Waals surface area contributed by atoms with Crippen molar-refractivity contribution in [2.75, 3.05) is 35.5 Å². The second kappa shape index (κ2) is 8.94. The summed E-state index contributed by atoms with van der Waals surface area (Å²) in [4.78, 5) is 26.7. The summed E-state index contributed by atoms with van der Waals surface area (Å²) in [5, 5.41) is 0. The van der Waals surface area contributed by atoms with E-state index in [1.807, 2.05) is 26.0 Å². The first-order chi connectivity index (χ1) is 15.3. The number of ether oxygens (including phenoxy) is 5. The molecule has 0 bridgehead atoms. The fourth-order valence-corrected chi connectivity index (χ4v) is 4.32. The monoisotopic (exact) mass is 440 g/mol. The highest BCUT2D eigenvalue weighted by molar-refractivity contribution is 6.30. The van der Waals surface area contributed by atoms with Gasteiger partial charge in [0.2, 0.25) is 0 Å². The van der Waals surface area contributed by atoms with Gasteiger partial charge in [0.1, 0.15) is 28.6 Å². The molecule has 7 heteroatoms. The van der Waals surface area contributed by atoms with Crippen molar-refractivity contribution in [2.45, 2.75) is 19.3 Å². The highest BCUT2D eigenvalue weighted by atomic mass is 16.5. The van der Waals surface area contributed by atoms with Crippen LogP contribution >= 0.6 is 0 Å². The Hall–Kier alpha value is -3.48. The molecular formula is C25H28O7. The van der Waals surface area contributed by atoms with Crippen molar-refractivity contribution in [1.82, 2.24) is 0 Å². The SMILES string of the molecule is COC(=O)C1=C(c2c(OC)cc(OC)cc2OC)[C@H](C)[C@@](C)(c2ccc(OC)cc2)C1=O. The summed E-state index contributed by atoms with van der Waals surface area (Å²) in [6, 6.07) is 10.7. The number of rotatable bonds is 7. The van der Waals surface area contributed by atoms with Gasteiger partial charge in [0.05, 0.1) is 46.5 Å². The summed E-state index contributed by atoms with van der Waals surface area (Å²) >= 11 is 0. The average Bonchev–Trinajstić information content (AvgIpc) is 3.03. The molecule has 2 aromatic carbocycles. The lowest BCUT2D eigenvalue weighted by Gasteiger charge is -2.30. The maximum atomic E-state index is 13.8. The van der Waals surface area contributed by atoms with Gasteiger partial charge in [0.15, 0.2) is 5.78 Å². The number of carbonyl (C=O) groups is 2. The Labute approximate surface area is 187 Å². The summed E-state index contributed by atoms with van der Waals surface area (Å²) < 4.78 is 26.9. The van der Waals surface area contributed by atoms with Crippen LogP contribution in [0.2, 0.25) is 0 Å². The van der Waals surface area contributed by atoms with Gasteiger partial charge < -0.3 is 23.7 Å². The van der Waals surface area contributed by atoms with Crippen LogP contribution in [0.4, 0.5) is 0 Å². The molecule has 0 N–H and O–H groups in total. The summed E-state index contributed by atoms with van der Waals surface area (Å²) in [5.41, 5.74) is 0.769. The van der Waals surface area contributed by atoms with E-state index in [2.05, 4.69) is 0 Å². The highest BCUT2D eigenvalue weighted by Gasteiger charge is 2.53. The Morgan fingerprint density at radius 3 is 1.81 bits per heavy atom. The van der Waals surface area contributed by atoms with Crippen LogP contribution in [0, 0.1) is 5.92 Å². The lowest BCUT2D eigenvalue weighted by atomic mass is 9.71. The van der Waals surface area contributed by atoms with Crippen LogP contribution in [0.3, 0.4) is 0 Å². The molecule has 170 valence electrons. The number of esters is 1. The van der Waals surface area contributed by atoms with Crippen molar-refractivity contribution in [3.63, 3.8) is 0 Å². The topological polar surface area (TPSA) is 80.3 Å². The minimum Gasteiger partial charge on any atom is -0.497 e. The van der Waals surface area contributed by atoms with E-state index in [1.54, 1.807) is 31.4 Å². The average molecular weight is 440 g/mol. The molecule has 0 aromatic heterocycles. The lowest BCUT2D eigenvalue weighted by Crippen LogP contribution is -2.35. The quantitative estimate of drug-likeness (QED) is 0.478. The smallest absolute Gasteiger partial charge is 0.341 e. The van der Waals surface area contributed by atoms with Gasteiger partial charge >= 0.3 is 5.97 Å². The minimum absolute atomic E-state index is 0.0138. The molecule has 7 nitrogen and oxygen atoms in total. The van der Waals surface area contributed by atoms with Gasteiger partial charge in [0, 0.05) is 12.1 Å². The highest BCUT2D eigenvalue weighted by Crippen LogP contribution is 2.54. The fraction of sp³-hybridized carbons (Fsp3) is 0.360. The molecule has 0 heterocycles. The zero-order chi connectivity index (χ0) is 23.6. The Kier molecular flexibility index (Phi) is 6.48. The Balaban J connectivity index is 2.31. The zero-order valence-electron chi connectivity index (χ0n) is 19.4. The van der Waals surface area contributed by atoms with Crippen molar-refractivity contribution in [1.29, 1.82) is 0 Å². The first-order valence-electron chi connectivity index (χ1n) is 10.1. The summed E-state index contributed by atoms with van der Waals surface area (Å²) in [6.45, 7) is 3.75. The number of Topliss-reactive ketones (excluding diaryl/α,β-unsaturated/α-hetero) is 1. The van der Waals surface area contributed by atoms with E-state index in [1.165, 1.54) is 28.4 Å². The molecule has 0 amide bonds. The van der Waals surface area contributed by atoms with Crippen molar-refractivity contribution >= 4 is 17.3 Å². The Bertz CT molecular complexity index is 1040. The Morgan fingerprint density at radius 2 is 1.38 bits per heavy atom. The number of hydrogen-bond donors (Lipinski definition) is 0. The van der Waals surface area contributed by atoms with Gasteiger partial charge in [-0.05, 0) is 36.1 Å². The first kappa shape index (κ1) is 23.2. The molecule has 3 rings (SSSR count). The number of methoxy groups -OCH3 is 5. The molecule has 0 radical (unpaired) electrons. The predicted octanol–water partition coefficient (Wildman–Crippen LogP) is 3.82. The molecule has 2 atom stereocenters. The molecule has 0 saturated carbocycles. The second-order valence-electron chi connectivity index (χ2n) is 7.67. The molecule has 0 aliphatic heterocycles. The Morgan fingerprint density at radius 1 is 0.844 bits per heavy atom. The van der Waals surface area contributed by atoms with Crippen LogP contribution in [-0.4, -0.2) is 47.3 Å². The molecule has 0 saturated heterocycles. The van der Waals surface area contributed by atoms with Crippen LogP contribution in [0.5, 0.6) is 23.0 Å². The van der Waals surface area contributed by atoms with E-state index >= 15 is 0 Å². The number of benzene rings is 2. The maximum Gasteiger partial charge on any atom is 0.341 e. The fourth-order valence-electron chi connectivity index (χ4n) is 4.32. The van der Waals surface area contributed by atoms with Gasteiger partial charge in [-0.15, -0.1) is 0 Å². The number of allylic oxidation sites excluding steroid dienone is 1. The van der Waals surface area contributed by atoms with Crippen molar-refractivity contribution in [3.05, 3.63) is 53.1 Å². The zero-order valence-corrected chi connectivity index (χ0v) is 19.4. The third-order valence-electron chi connectivity index (χ3n) is 6.33. The van der Waals surface area contributed by atoms with E-state index in [0.717, 1.165) is 5.56 Å². The van der Waals surface area contributed by atoms with E-state index in [9.17, 15) is 9.59 Å². The standard InChI is InChI=1S/C25H28O7/c1-14-20(21-18(30-5)12-17(29-4)13-19(21)31-6)22(24(27)32-7)23(26)25(14,2)15-8-10-16(28-3)11-9-15/h8-14H,1-7H3/t14-,25-/m0/s1. The summed E-state index contributed by atoms with van der Waals surface area (Å²) in [6.07, 6.45) is 0. The molecule has 2 aromatic rings. The third-order valence-corrected chi connectivity index (χ3v) is 6.33. The lowest BCUT2D eigenvalue weighted by molar-refractivity contribution is -0.138. The van der Waals surface area contributed by atoms with E-state index in [4.69, 9.17) is 23.7 Å². The van der Waals surface area contributed by atoms with Gasteiger partial charge in [-0.2, -0.15) is 0 Å². The molecular weight excluding hydrogens is 412 g/mol. The normalized spacial score (nSPS) is 20.2. The minimum atomic E-state index is -1.01. The summed E-state index contributed by atoms with van der Waals surface area (Å²) in [7, 11) is 7.41. The molecule has 1 aliphatic carbocycles. The van der Waals surface area contributed by atoms with Gasteiger partial charge in [0.25, 0.3) is 0 Å². The van der Waals surface area contributed by atoms with E-state index < -0.39 is 17.3 Å². The van der Waals surface area contributed by atoms with Crippen LogP contribution in [0.15, 0.2) is 42.0 Å². The first-order valence-corrected chi connectivity index (χ1v) is 10.1. The van der Waals surface area contributed by atoms with Gasteiger partial charge in [-0.25, -0.2) is 4.79 Å². The van der Waals surface area contributed by atoms with Crippen LogP contribution in [-0.2, 0) is 19.7 Å². The van der Waals surface area contributed by atoms with Crippen molar-refractivity contribution < 1.29 is 33.3 Å². The van der Waals surface area contributed by atoms with Crippen molar-refractivity contribution in [3.8, 4) is 23.0 Å². The molecule has 0 fully saturated rings. The molecule has 1 aliphatic rings. The maximum absolute atomic E-state index is 13.8. The largest absolute Gasteiger partial charge is 0.497 e. The molecule has 0 unspecified atom stereocenters. The van der Waals surface area contributed by atoms with Gasteiger partial charge in [-0.1, -0.05) is 19.1 Å². The summed E-state index contributed by atoms with van der Waals surface area (Å²) in [5.74, 6) is 0.639. The number of ketones is 1. The van der Waals surface area contributed by atoms with Crippen molar-refractivity contribution in [2.24, 2.45) is 5.92 Å². The van der Waals surface area contributed by atoms with E-state index in [0.29, 0.717) is 34.1 Å². The molecule has 32 heavy (non-hydrogen) atoms. The van der Waals surface area contributed by atoms with Crippen LogP contribution in [0.25, 0.3) is 5.57 Å². The molecule has 0 spiro atoms. The van der Waals surface area contributed by atoms with E-state index in [-0.39, 0.29) is 11.4 Å². The van der Waals surface area contributed by atoms with Crippen LogP contribution in [0.1, 0.15) is 25.0 Å². The van der Waals surface area contributed by atoms with Gasteiger partial charge in [-0.3, -0.25) is 4.79 Å².